The zero-order valence-electron chi connectivity index (χ0n) is 18.8. The van der Waals surface area contributed by atoms with E-state index < -0.39 is 0 Å². The summed E-state index contributed by atoms with van der Waals surface area (Å²) in [7, 11) is 1.88. The molecule has 0 aliphatic heterocycles. The third-order valence-corrected chi connectivity index (χ3v) is 6.03. The molecular weight excluding hydrogens is 424 g/mol. The average Bonchev–Trinajstić information content (AvgIpc) is 3.45. The monoisotopic (exact) mass is 450 g/mol. The third-order valence-electron chi connectivity index (χ3n) is 5.01. The first kappa shape index (κ1) is 21.9. The molecule has 0 spiro atoms. The highest BCUT2D eigenvalue weighted by atomic mass is 32.2. The van der Waals surface area contributed by atoms with Gasteiger partial charge in [-0.05, 0) is 25.1 Å². The van der Waals surface area contributed by atoms with Crippen LogP contribution in [0.5, 0.6) is 0 Å². The molecule has 32 heavy (non-hydrogen) atoms. The van der Waals surface area contributed by atoms with Gasteiger partial charge in [-0.2, -0.15) is 5.10 Å². The molecule has 1 aromatic carbocycles. The van der Waals surface area contributed by atoms with Gasteiger partial charge in [0.25, 0.3) is 0 Å². The number of para-hydroxylation sites is 1. The molecule has 8 nitrogen and oxygen atoms in total. The normalized spacial score (nSPS) is 11.7. The first-order chi connectivity index (χ1) is 15.2. The van der Waals surface area contributed by atoms with Crippen LogP contribution in [-0.2, 0) is 17.3 Å². The van der Waals surface area contributed by atoms with Crippen molar-refractivity contribution in [1.82, 2.24) is 24.5 Å². The van der Waals surface area contributed by atoms with Crippen LogP contribution in [0.15, 0.2) is 58.3 Å². The summed E-state index contributed by atoms with van der Waals surface area (Å²) in [5.74, 6) is 2.17. The Morgan fingerprint density at radius 3 is 2.56 bits per heavy atom. The Morgan fingerprint density at radius 1 is 1.16 bits per heavy atom. The maximum absolute atomic E-state index is 12.8. The number of thioether (sulfide) groups is 1. The molecule has 3 aromatic heterocycles. The number of hydrogen-bond donors (Lipinski definition) is 1. The summed E-state index contributed by atoms with van der Waals surface area (Å²) < 4.78 is 8.99. The van der Waals surface area contributed by atoms with Gasteiger partial charge in [-0.1, -0.05) is 50.7 Å². The number of rotatable bonds is 6. The molecule has 4 aromatic rings. The molecule has 0 bridgehead atoms. The van der Waals surface area contributed by atoms with Crippen LogP contribution >= 0.6 is 11.8 Å². The van der Waals surface area contributed by atoms with Crippen molar-refractivity contribution in [3.05, 3.63) is 60.2 Å². The van der Waals surface area contributed by atoms with E-state index in [0.717, 1.165) is 22.7 Å². The number of furan rings is 1. The number of nitrogens with zero attached hydrogens (tertiary/aromatic N) is 5. The maximum atomic E-state index is 12.8. The molecule has 0 saturated heterocycles. The van der Waals surface area contributed by atoms with Crippen LogP contribution in [0.3, 0.4) is 0 Å². The summed E-state index contributed by atoms with van der Waals surface area (Å²) in [5, 5.41) is 16.9. The number of carbonyl (C=O) groups excluding carboxylic acids is 1. The first-order valence-corrected chi connectivity index (χ1v) is 11.2. The number of nitrogens with one attached hydrogen (secondary N) is 1. The fourth-order valence-electron chi connectivity index (χ4n) is 3.20. The second kappa shape index (κ2) is 8.66. The highest BCUT2D eigenvalue weighted by Gasteiger charge is 2.22. The number of amides is 1. The summed E-state index contributed by atoms with van der Waals surface area (Å²) in [6, 6.07) is 13.6. The Labute approximate surface area is 191 Å². The molecule has 0 aliphatic carbocycles. The molecule has 0 fully saturated rings. The summed E-state index contributed by atoms with van der Waals surface area (Å²) in [5.41, 5.74) is 2.53. The Bertz CT molecular complexity index is 1230. The lowest BCUT2D eigenvalue weighted by atomic mass is 9.92. The minimum atomic E-state index is -0.144. The summed E-state index contributed by atoms with van der Waals surface area (Å²) in [4.78, 5) is 12.8. The average molecular weight is 451 g/mol. The van der Waals surface area contributed by atoms with E-state index in [1.165, 1.54) is 11.8 Å². The lowest BCUT2D eigenvalue weighted by molar-refractivity contribution is -0.113. The zero-order chi connectivity index (χ0) is 22.9. The van der Waals surface area contributed by atoms with E-state index in [1.807, 2.05) is 61.0 Å². The van der Waals surface area contributed by atoms with Crippen LogP contribution in [0.25, 0.3) is 17.1 Å². The Kier molecular flexibility index (Phi) is 5.92. The molecular formula is C23H26N6O2S. The molecule has 0 atom stereocenters. The van der Waals surface area contributed by atoms with Crippen LogP contribution in [-0.4, -0.2) is 36.2 Å². The molecule has 3 heterocycles. The quantitative estimate of drug-likeness (QED) is 0.432. The zero-order valence-corrected chi connectivity index (χ0v) is 19.6. The van der Waals surface area contributed by atoms with E-state index in [1.54, 1.807) is 10.9 Å². The van der Waals surface area contributed by atoms with E-state index in [4.69, 9.17) is 9.52 Å². The molecule has 0 radical (unpaired) electrons. The van der Waals surface area contributed by atoms with Crippen LogP contribution in [0, 0.1) is 6.92 Å². The Morgan fingerprint density at radius 2 is 1.91 bits per heavy atom. The fourth-order valence-corrected chi connectivity index (χ4v) is 3.91. The van der Waals surface area contributed by atoms with E-state index >= 15 is 0 Å². The largest absolute Gasteiger partial charge is 0.469 e. The number of hydrogen-bond acceptors (Lipinski definition) is 6. The van der Waals surface area contributed by atoms with Gasteiger partial charge in [0.1, 0.15) is 11.6 Å². The number of carbonyl (C=O) groups is 1. The van der Waals surface area contributed by atoms with Gasteiger partial charge in [0.2, 0.25) is 5.91 Å². The molecule has 4 rings (SSSR count). The fraction of sp³-hybridized carbons (Fsp3) is 0.304. The third kappa shape index (κ3) is 4.47. The summed E-state index contributed by atoms with van der Waals surface area (Å²) in [6.07, 6.45) is 1.63. The van der Waals surface area contributed by atoms with Gasteiger partial charge in [0, 0.05) is 18.5 Å². The molecule has 0 aliphatic rings. The highest BCUT2D eigenvalue weighted by molar-refractivity contribution is 7.99. The van der Waals surface area contributed by atoms with Gasteiger partial charge in [-0.25, -0.2) is 4.68 Å². The van der Waals surface area contributed by atoms with E-state index in [9.17, 15) is 4.79 Å². The predicted octanol–water partition coefficient (Wildman–Crippen LogP) is 4.60. The standard InChI is InChI=1S/C23H26N6O2S/c1-15-17(11-12-31-15)21-25-26-22(28(21)5)32-14-20(30)24-19-13-18(23(2,3)4)27-29(19)16-9-7-6-8-10-16/h6-13H,14H2,1-5H3,(H,24,30). The number of anilines is 1. The molecule has 9 heteroatoms. The van der Waals surface area contributed by atoms with Gasteiger partial charge < -0.3 is 14.3 Å². The van der Waals surface area contributed by atoms with E-state index in [2.05, 4.69) is 36.3 Å². The molecule has 0 saturated carbocycles. The minimum Gasteiger partial charge on any atom is -0.469 e. The van der Waals surface area contributed by atoms with Crippen molar-refractivity contribution in [1.29, 1.82) is 0 Å². The van der Waals surface area contributed by atoms with Crippen molar-refractivity contribution < 1.29 is 9.21 Å². The number of aryl methyl sites for hydroxylation is 1. The molecule has 0 unspecified atom stereocenters. The maximum Gasteiger partial charge on any atom is 0.236 e. The number of benzene rings is 1. The van der Waals surface area contributed by atoms with E-state index in [0.29, 0.717) is 16.8 Å². The number of aromatic nitrogens is 5. The smallest absolute Gasteiger partial charge is 0.236 e. The second-order valence-electron chi connectivity index (χ2n) is 8.50. The first-order valence-electron chi connectivity index (χ1n) is 10.3. The van der Waals surface area contributed by atoms with Crippen LogP contribution < -0.4 is 5.32 Å². The lowest BCUT2D eigenvalue weighted by Crippen LogP contribution is -2.17. The van der Waals surface area contributed by atoms with Crippen molar-refractivity contribution in [3.63, 3.8) is 0 Å². The van der Waals surface area contributed by atoms with Crippen LogP contribution in [0.2, 0.25) is 0 Å². The molecule has 1 amide bonds. The summed E-state index contributed by atoms with van der Waals surface area (Å²) >= 11 is 1.33. The van der Waals surface area contributed by atoms with Crippen molar-refractivity contribution in [2.75, 3.05) is 11.1 Å². The van der Waals surface area contributed by atoms with Gasteiger partial charge in [0.15, 0.2) is 11.0 Å². The Hall–Kier alpha value is -3.33. The van der Waals surface area contributed by atoms with Gasteiger partial charge in [-0.3, -0.25) is 4.79 Å². The molecule has 1 N–H and O–H groups in total. The Balaban J connectivity index is 1.50. The van der Waals surface area contributed by atoms with Gasteiger partial charge >= 0.3 is 0 Å². The van der Waals surface area contributed by atoms with Crippen molar-refractivity contribution in [3.8, 4) is 17.1 Å². The summed E-state index contributed by atoms with van der Waals surface area (Å²) in [6.45, 7) is 8.17. The topological polar surface area (TPSA) is 90.8 Å². The van der Waals surface area contributed by atoms with Crippen LogP contribution in [0.4, 0.5) is 5.82 Å². The minimum absolute atomic E-state index is 0.142. The van der Waals surface area contributed by atoms with Crippen LogP contribution in [0.1, 0.15) is 32.2 Å². The van der Waals surface area contributed by atoms with Crippen molar-refractivity contribution in [2.24, 2.45) is 7.05 Å². The molecule has 166 valence electrons. The highest BCUT2D eigenvalue weighted by Crippen LogP contribution is 2.28. The van der Waals surface area contributed by atoms with Gasteiger partial charge in [0.05, 0.1) is 29.0 Å². The van der Waals surface area contributed by atoms with Crippen molar-refractivity contribution >= 4 is 23.5 Å². The lowest BCUT2D eigenvalue weighted by Gasteiger charge is -2.14. The SMILES string of the molecule is Cc1occc1-c1nnc(SCC(=O)Nc2cc(C(C)(C)C)nn2-c2ccccc2)n1C. The van der Waals surface area contributed by atoms with E-state index in [-0.39, 0.29) is 17.1 Å². The second-order valence-corrected chi connectivity index (χ2v) is 9.45. The van der Waals surface area contributed by atoms with Crippen molar-refractivity contribution in [2.45, 2.75) is 38.3 Å². The predicted molar refractivity (Wildman–Crippen MR) is 125 cm³/mol. The van der Waals surface area contributed by atoms with Gasteiger partial charge in [-0.15, -0.1) is 10.2 Å².